The summed E-state index contributed by atoms with van der Waals surface area (Å²) in [6.45, 7) is 4.63. The molecular formula is C25H27N7. The second-order valence-corrected chi connectivity index (χ2v) is 7.64. The zero-order valence-corrected chi connectivity index (χ0v) is 18.5. The lowest BCUT2D eigenvalue weighted by atomic mass is 9.98. The summed E-state index contributed by atoms with van der Waals surface area (Å²) >= 11 is 0. The van der Waals surface area contributed by atoms with Crippen molar-refractivity contribution in [3.05, 3.63) is 65.7 Å². The molecule has 0 spiro atoms. The van der Waals surface area contributed by atoms with Gasteiger partial charge in [-0.1, -0.05) is 74.2 Å². The standard InChI is InChI=1S/C25H27N7/c1-3-5-7-12-23-26-24(32(29-23)17-6-4-2)18-19-13-15-20(16-14-19)21-10-8-9-11-22(21)25-27-30-31-28-25/h8-11,13-16H,3,5,7,12,17-18H2,1-2H3,(H,27,28,30,31). The van der Waals surface area contributed by atoms with E-state index in [2.05, 4.69) is 69.7 Å². The monoisotopic (exact) mass is 425 g/mol. The third-order valence-corrected chi connectivity index (χ3v) is 5.34. The van der Waals surface area contributed by atoms with Crippen LogP contribution in [-0.4, -0.2) is 35.4 Å². The first-order valence-electron chi connectivity index (χ1n) is 11.0. The van der Waals surface area contributed by atoms with Gasteiger partial charge >= 0.3 is 0 Å². The van der Waals surface area contributed by atoms with E-state index in [1.165, 1.54) is 18.4 Å². The van der Waals surface area contributed by atoms with E-state index in [4.69, 9.17) is 10.1 Å². The molecule has 7 nitrogen and oxygen atoms in total. The molecule has 4 aromatic rings. The van der Waals surface area contributed by atoms with Crippen molar-refractivity contribution in [1.82, 2.24) is 35.4 Å². The predicted molar refractivity (Wildman–Crippen MR) is 125 cm³/mol. The number of benzene rings is 2. The smallest absolute Gasteiger partial charge is 0.205 e. The minimum absolute atomic E-state index is 0.572. The molecule has 32 heavy (non-hydrogen) atoms. The number of H-pyrrole nitrogens is 1. The van der Waals surface area contributed by atoms with E-state index < -0.39 is 0 Å². The normalized spacial score (nSPS) is 10.7. The highest BCUT2D eigenvalue weighted by molar-refractivity contribution is 5.80. The maximum Gasteiger partial charge on any atom is 0.205 e. The van der Waals surface area contributed by atoms with Crippen molar-refractivity contribution in [1.29, 1.82) is 0 Å². The van der Waals surface area contributed by atoms with Gasteiger partial charge in [0.1, 0.15) is 12.4 Å². The molecule has 0 bridgehead atoms. The van der Waals surface area contributed by atoms with E-state index in [9.17, 15) is 0 Å². The van der Waals surface area contributed by atoms with Crippen molar-refractivity contribution in [3.63, 3.8) is 0 Å². The summed E-state index contributed by atoms with van der Waals surface area (Å²) in [4.78, 5) is 4.82. The maximum absolute atomic E-state index is 4.82. The molecule has 2 aromatic carbocycles. The topological polar surface area (TPSA) is 85.2 Å². The predicted octanol–water partition coefficient (Wildman–Crippen LogP) is 4.47. The number of hydrogen-bond acceptors (Lipinski definition) is 5. The molecule has 7 heteroatoms. The lowest BCUT2D eigenvalue weighted by molar-refractivity contribution is 0.648. The molecule has 2 heterocycles. The molecule has 2 aromatic heterocycles. The second-order valence-electron chi connectivity index (χ2n) is 7.64. The summed E-state index contributed by atoms with van der Waals surface area (Å²) in [5.41, 5.74) is 4.31. The van der Waals surface area contributed by atoms with Gasteiger partial charge in [-0.15, -0.1) is 16.1 Å². The SMILES string of the molecule is CC#CCn1nc(CCCCC)nc1Cc1ccc(-c2ccccc2-c2nn[nH]n2)cc1. The Labute approximate surface area is 188 Å². The van der Waals surface area contributed by atoms with Crippen LogP contribution in [0.3, 0.4) is 0 Å². The lowest BCUT2D eigenvalue weighted by Crippen LogP contribution is -2.05. The Morgan fingerprint density at radius 3 is 2.53 bits per heavy atom. The number of rotatable bonds is 9. The molecule has 4 rings (SSSR count). The van der Waals surface area contributed by atoms with Crippen LogP contribution in [-0.2, 0) is 19.4 Å². The van der Waals surface area contributed by atoms with E-state index in [1.807, 2.05) is 29.8 Å². The second kappa shape index (κ2) is 10.5. The molecule has 0 aliphatic carbocycles. The van der Waals surface area contributed by atoms with Crippen molar-refractivity contribution in [2.24, 2.45) is 0 Å². The average Bonchev–Trinajstić information content (AvgIpc) is 3.49. The van der Waals surface area contributed by atoms with Crippen LogP contribution >= 0.6 is 0 Å². The Bertz CT molecular complexity index is 1200. The summed E-state index contributed by atoms with van der Waals surface area (Å²) in [7, 11) is 0. The van der Waals surface area contributed by atoms with Crippen LogP contribution in [0.1, 0.15) is 50.3 Å². The van der Waals surface area contributed by atoms with Crippen molar-refractivity contribution >= 4 is 0 Å². The summed E-state index contributed by atoms with van der Waals surface area (Å²) < 4.78 is 1.94. The summed E-state index contributed by atoms with van der Waals surface area (Å²) in [6, 6.07) is 16.6. The first-order valence-corrected chi connectivity index (χ1v) is 11.0. The fourth-order valence-corrected chi connectivity index (χ4v) is 3.67. The van der Waals surface area contributed by atoms with Gasteiger partial charge in [0.05, 0.1) is 0 Å². The fraction of sp³-hybridized carbons (Fsp3) is 0.320. The molecule has 0 aliphatic rings. The maximum atomic E-state index is 4.82. The van der Waals surface area contributed by atoms with E-state index in [1.54, 1.807) is 0 Å². The molecule has 0 saturated carbocycles. The number of aromatic nitrogens is 7. The van der Waals surface area contributed by atoms with Crippen LogP contribution in [0.2, 0.25) is 0 Å². The van der Waals surface area contributed by atoms with Gasteiger partial charge in [-0.05, 0) is 35.2 Å². The van der Waals surface area contributed by atoms with E-state index in [0.717, 1.165) is 47.6 Å². The van der Waals surface area contributed by atoms with Gasteiger partial charge in [0.2, 0.25) is 5.82 Å². The summed E-state index contributed by atoms with van der Waals surface area (Å²) in [6.07, 6.45) is 5.15. The molecule has 162 valence electrons. The van der Waals surface area contributed by atoms with Crippen molar-refractivity contribution in [2.75, 3.05) is 0 Å². The molecule has 0 atom stereocenters. The van der Waals surface area contributed by atoms with Crippen LogP contribution in [0, 0.1) is 11.8 Å². The van der Waals surface area contributed by atoms with Crippen LogP contribution in [0.5, 0.6) is 0 Å². The van der Waals surface area contributed by atoms with E-state index in [0.29, 0.717) is 12.4 Å². The van der Waals surface area contributed by atoms with Gasteiger partial charge in [-0.3, -0.25) is 0 Å². The Morgan fingerprint density at radius 2 is 1.81 bits per heavy atom. The van der Waals surface area contributed by atoms with Crippen LogP contribution in [0.15, 0.2) is 48.5 Å². The van der Waals surface area contributed by atoms with Gasteiger partial charge in [0, 0.05) is 18.4 Å². The van der Waals surface area contributed by atoms with Gasteiger partial charge in [-0.25, -0.2) is 9.67 Å². The molecule has 1 N–H and O–H groups in total. The van der Waals surface area contributed by atoms with E-state index in [-0.39, 0.29) is 0 Å². The first kappa shape index (κ1) is 21.4. The van der Waals surface area contributed by atoms with E-state index >= 15 is 0 Å². The minimum atomic E-state index is 0.572. The van der Waals surface area contributed by atoms with Gasteiger partial charge < -0.3 is 0 Å². The third-order valence-electron chi connectivity index (χ3n) is 5.34. The molecule has 0 saturated heterocycles. The minimum Gasteiger partial charge on any atom is -0.237 e. The summed E-state index contributed by atoms with van der Waals surface area (Å²) in [5.74, 6) is 8.53. The van der Waals surface area contributed by atoms with Gasteiger partial charge in [0.15, 0.2) is 5.82 Å². The van der Waals surface area contributed by atoms with Crippen molar-refractivity contribution in [2.45, 2.75) is 52.5 Å². The number of hydrogen-bond donors (Lipinski definition) is 1. The Morgan fingerprint density at radius 1 is 1.00 bits per heavy atom. The van der Waals surface area contributed by atoms with Crippen LogP contribution in [0.4, 0.5) is 0 Å². The van der Waals surface area contributed by atoms with Crippen LogP contribution < -0.4 is 0 Å². The zero-order valence-electron chi connectivity index (χ0n) is 18.5. The number of aryl methyl sites for hydroxylation is 1. The highest BCUT2D eigenvalue weighted by Crippen LogP contribution is 2.29. The third kappa shape index (κ3) is 5.09. The fourth-order valence-electron chi connectivity index (χ4n) is 3.67. The largest absolute Gasteiger partial charge is 0.237 e. The lowest BCUT2D eigenvalue weighted by Gasteiger charge is -2.08. The van der Waals surface area contributed by atoms with Crippen molar-refractivity contribution < 1.29 is 0 Å². The first-order chi connectivity index (χ1) is 15.8. The zero-order chi connectivity index (χ0) is 22.2. The number of nitrogens with one attached hydrogen (secondary N) is 1. The number of nitrogens with zero attached hydrogens (tertiary/aromatic N) is 6. The molecule has 0 fully saturated rings. The number of aromatic amines is 1. The summed E-state index contributed by atoms with van der Waals surface area (Å²) in [5, 5.41) is 19.2. The molecular weight excluding hydrogens is 398 g/mol. The van der Waals surface area contributed by atoms with Crippen LogP contribution in [0.25, 0.3) is 22.5 Å². The molecule has 0 aliphatic heterocycles. The highest BCUT2D eigenvalue weighted by atomic mass is 15.5. The molecule has 0 amide bonds. The Kier molecular flexibility index (Phi) is 7.03. The molecule has 0 unspecified atom stereocenters. The quantitative estimate of drug-likeness (QED) is 0.316. The Balaban J connectivity index is 1.55. The van der Waals surface area contributed by atoms with Crippen molar-refractivity contribution in [3.8, 4) is 34.4 Å². The average molecular weight is 426 g/mol. The number of tetrazole rings is 1. The molecule has 0 radical (unpaired) electrons. The van der Waals surface area contributed by atoms with Gasteiger partial charge in [0.25, 0.3) is 0 Å². The highest BCUT2D eigenvalue weighted by Gasteiger charge is 2.12. The Hall–Kier alpha value is -3.79. The van der Waals surface area contributed by atoms with Gasteiger partial charge in [-0.2, -0.15) is 10.3 Å². The number of unbranched alkanes of at least 4 members (excludes halogenated alkanes) is 2.